The molecule has 0 spiro atoms. The van der Waals surface area contributed by atoms with Crippen molar-refractivity contribution >= 4 is 12.0 Å². The van der Waals surface area contributed by atoms with Gasteiger partial charge in [-0.05, 0) is 29.7 Å². The van der Waals surface area contributed by atoms with Crippen molar-refractivity contribution in [2.24, 2.45) is 5.92 Å². The van der Waals surface area contributed by atoms with Gasteiger partial charge in [-0.25, -0.2) is 0 Å². The average molecular weight is 351 g/mol. The van der Waals surface area contributed by atoms with Crippen LogP contribution in [0.1, 0.15) is 37.8 Å². The van der Waals surface area contributed by atoms with E-state index >= 15 is 0 Å². The first-order valence-corrected chi connectivity index (χ1v) is 8.58. The summed E-state index contributed by atoms with van der Waals surface area (Å²) in [6.07, 6.45) is 5.68. The molecule has 0 saturated heterocycles. The highest BCUT2D eigenvalue weighted by Crippen LogP contribution is 2.25. The number of nitrogens with zero attached hydrogens (tertiary/aromatic N) is 2. The predicted molar refractivity (Wildman–Crippen MR) is 97.8 cm³/mol. The Labute approximate surface area is 151 Å². The van der Waals surface area contributed by atoms with E-state index in [0.29, 0.717) is 17.5 Å². The Hall–Kier alpha value is -3.15. The molecule has 1 N–H and O–H groups in total. The molecule has 0 bridgehead atoms. The van der Waals surface area contributed by atoms with Gasteiger partial charge in [0.1, 0.15) is 6.04 Å². The molecule has 0 radical (unpaired) electrons. The largest absolute Gasteiger partial charge is 0.461 e. The van der Waals surface area contributed by atoms with Gasteiger partial charge in [0.25, 0.3) is 0 Å². The lowest BCUT2D eigenvalue weighted by Crippen LogP contribution is -2.31. The predicted octanol–water partition coefficient (Wildman–Crippen LogP) is 4.25. The van der Waals surface area contributed by atoms with E-state index in [4.69, 9.17) is 8.94 Å². The second-order valence-corrected chi connectivity index (χ2v) is 6.05. The van der Waals surface area contributed by atoms with Gasteiger partial charge in [-0.15, -0.1) is 0 Å². The lowest BCUT2D eigenvalue weighted by atomic mass is 9.99. The number of furan rings is 1. The highest BCUT2D eigenvalue weighted by molar-refractivity contribution is 5.91. The van der Waals surface area contributed by atoms with Crippen LogP contribution in [0.4, 0.5) is 0 Å². The quantitative estimate of drug-likeness (QED) is 0.644. The van der Waals surface area contributed by atoms with Gasteiger partial charge >= 0.3 is 0 Å². The maximum atomic E-state index is 12.3. The van der Waals surface area contributed by atoms with Crippen LogP contribution in [0.15, 0.2) is 63.7 Å². The fourth-order valence-corrected chi connectivity index (χ4v) is 2.49. The minimum absolute atomic E-state index is 0.133. The van der Waals surface area contributed by atoms with Crippen molar-refractivity contribution in [3.63, 3.8) is 0 Å². The molecule has 0 saturated carbocycles. The van der Waals surface area contributed by atoms with Crippen molar-refractivity contribution in [3.05, 3.63) is 66.3 Å². The lowest BCUT2D eigenvalue weighted by molar-refractivity contribution is -0.117. The maximum Gasteiger partial charge on any atom is 0.249 e. The number of benzene rings is 1. The number of rotatable bonds is 7. The molecule has 2 heterocycles. The summed E-state index contributed by atoms with van der Waals surface area (Å²) in [7, 11) is 0. The summed E-state index contributed by atoms with van der Waals surface area (Å²) in [4.78, 5) is 16.7. The summed E-state index contributed by atoms with van der Waals surface area (Å²) in [5.41, 5.74) is 0.959. The number of hydrogen-bond acceptors (Lipinski definition) is 5. The van der Waals surface area contributed by atoms with Crippen LogP contribution in [0, 0.1) is 5.92 Å². The smallest absolute Gasteiger partial charge is 0.249 e. The van der Waals surface area contributed by atoms with Crippen molar-refractivity contribution in [2.45, 2.75) is 26.3 Å². The van der Waals surface area contributed by atoms with Crippen LogP contribution in [-0.4, -0.2) is 16.0 Å². The Morgan fingerprint density at radius 2 is 2.04 bits per heavy atom. The Kier molecular flexibility index (Phi) is 5.63. The van der Waals surface area contributed by atoms with E-state index in [0.717, 1.165) is 12.0 Å². The zero-order valence-electron chi connectivity index (χ0n) is 14.8. The molecule has 1 aromatic carbocycles. The van der Waals surface area contributed by atoms with Crippen molar-refractivity contribution in [1.82, 2.24) is 15.5 Å². The monoisotopic (exact) mass is 351 g/mol. The van der Waals surface area contributed by atoms with E-state index in [2.05, 4.69) is 15.5 Å². The van der Waals surface area contributed by atoms with Gasteiger partial charge in [0.15, 0.2) is 5.76 Å². The third-order valence-corrected chi connectivity index (χ3v) is 4.19. The standard InChI is InChI=1S/C20H21N3O3/c1-3-14(2)18(20-22-19(23-26-20)16-10-7-13-25-16)21-17(24)12-11-15-8-5-4-6-9-15/h4-14,18H,3H2,1-2H3,(H,21,24)/b12-11+/t14-,18+/m0/s1. The molecule has 6 heteroatoms. The van der Waals surface area contributed by atoms with Crippen LogP contribution in [0.2, 0.25) is 0 Å². The fraction of sp³-hybridized carbons (Fsp3) is 0.250. The van der Waals surface area contributed by atoms with Gasteiger partial charge < -0.3 is 14.3 Å². The molecule has 6 nitrogen and oxygen atoms in total. The molecule has 0 fully saturated rings. The minimum Gasteiger partial charge on any atom is -0.461 e. The van der Waals surface area contributed by atoms with E-state index < -0.39 is 0 Å². The molecular formula is C20H21N3O3. The van der Waals surface area contributed by atoms with Crippen LogP contribution in [0.3, 0.4) is 0 Å². The van der Waals surface area contributed by atoms with Crippen LogP contribution < -0.4 is 5.32 Å². The molecule has 1 amide bonds. The molecule has 26 heavy (non-hydrogen) atoms. The van der Waals surface area contributed by atoms with E-state index in [-0.39, 0.29) is 17.9 Å². The van der Waals surface area contributed by atoms with Gasteiger partial charge in [0.05, 0.1) is 6.26 Å². The number of aromatic nitrogens is 2. The number of carbonyl (C=O) groups excluding carboxylic acids is 1. The molecule has 134 valence electrons. The molecule has 2 atom stereocenters. The van der Waals surface area contributed by atoms with Crippen LogP contribution >= 0.6 is 0 Å². The second kappa shape index (κ2) is 8.29. The number of nitrogens with one attached hydrogen (secondary N) is 1. The van der Waals surface area contributed by atoms with Crippen LogP contribution in [0.25, 0.3) is 17.7 Å². The Morgan fingerprint density at radius 3 is 2.73 bits per heavy atom. The van der Waals surface area contributed by atoms with Crippen LogP contribution in [-0.2, 0) is 4.79 Å². The molecule has 3 rings (SSSR count). The SMILES string of the molecule is CC[C@H](C)[C@@H](NC(=O)/C=C/c1ccccc1)c1nc(-c2ccco2)no1. The minimum atomic E-state index is -0.371. The summed E-state index contributed by atoms with van der Waals surface area (Å²) < 4.78 is 10.7. The molecule has 0 aliphatic rings. The summed E-state index contributed by atoms with van der Waals surface area (Å²) in [5.74, 6) is 1.18. The van der Waals surface area contributed by atoms with E-state index in [1.165, 1.54) is 6.08 Å². The van der Waals surface area contributed by atoms with E-state index in [1.807, 2.05) is 44.2 Å². The number of hydrogen-bond donors (Lipinski definition) is 1. The van der Waals surface area contributed by atoms with Crippen molar-refractivity contribution in [1.29, 1.82) is 0 Å². The zero-order valence-corrected chi connectivity index (χ0v) is 14.8. The van der Waals surface area contributed by atoms with Gasteiger partial charge in [0, 0.05) is 6.08 Å². The van der Waals surface area contributed by atoms with Gasteiger partial charge in [0.2, 0.25) is 17.6 Å². The summed E-state index contributed by atoms with van der Waals surface area (Å²) in [6, 6.07) is 12.8. The third kappa shape index (κ3) is 4.27. The average Bonchev–Trinajstić information content (AvgIpc) is 3.36. The molecule has 2 aromatic heterocycles. The van der Waals surface area contributed by atoms with Crippen molar-refractivity contribution in [3.8, 4) is 11.6 Å². The summed E-state index contributed by atoms with van der Waals surface area (Å²) in [6.45, 7) is 4.08. The number of amides is 1. The second-order valence-electron chi connectivity index (χ2n) is 6.05. The summed E-state index contributed by atoms with van der Waals surface area (Å²) in [5, 5.41) is 6.91. The van der Waals surface area contributed by atoms with Gasteiger partial charge in [-0.2, -0.15) is 4.98 Å². The topological polar surface area (TPSA) is 81.2 Å². The Balaban J connectivity index is 1.74. The Morgan fingerprint density at radius 1 is 1.23 bits per heavy atom. The molecule has 3 aromatic rings. The first-order chi connectivity index (χ1) is 12.7. The zero-order chi connectivity index (χ0) is 18.4. The van der Waals surface area contributed by atoms with E-state index in [9.17, 15) is 4.79 Å². The lowest BCUT2D eigenvalue weighted by Gasteiger charge is -2.19. The normalized spacial score (nSPS) is 13.6. The van der Waals surface area contributed by atoms with Crippen molar-refractivity contribution in [2.75, 3.05) is 0 Å². The fourth-order valence-electron chi connectivity index (χ4n) is 2.49. The van der Waals surface area contributed by atoms with E-state index in [1.54, 1.807) is 24.5 Å². The molecular weight excluding hydrogens is 330 g/mol. The van der Waals surface area contributed by atoms with Crippen molar-refractivity contribution < 1.29 is 13.7 Å². The molecule has 0 aliphatic carbocycles. The van der Waals surface area contributed by atoms with Gasteiger partial charge in [-0.3, -0.25) is 4.79 Å². The first-order valence-electron chi connectivity index (χ1n) is 8.58. The highest BCUT2D eigenvalue weighted by Gasteiger charge is 2.26. The highest BCUT2D eigenvalue weighted by atomic mass is 16.5. The molecule has 0 unspecified atom stereocenters. The maximum absolute atomic E-state index is 12.3. The third-order valence-electron chi connectivity index (χ3n) is 4.19. The summed E-state index contributed by atoms with van der Waals surface area (Å²) >= 11 is 0. The molecule has 0 aliphatic heterocycles. The Bertz CT molecular complexity index is 854. The van der Waals surface area contributed by atoms with Gasteiger partial charge in [-0.1, -0.05) is 55.8 Å². The first kappa shape index (κ1) is 17.7. The van der Waals surface area contributed by atoms with Crippen LogP contribution in [0.5, 0.6) is 0 Å². The number of carbonyl (C=O) groups is 1.